The first-order chi connectivity index (χ1) is 7.26. The molecule has 15 heavy (non-hydrogen) atoms. The van der Waals surface area contributed by atoms with Gasteiger partial charge in [0.15, 0.2) is 5.58 Å². The molecule has 0 aliphatic carbocycles. The smallest absolute Gasteiger partial charge is 0.265 e. The number of hydrogen-bond acceptors (Lipinski definition) is 4. The number of rotatable bonds is 3. The van der Waals surface area contributed by atoms with Crippen molar-refractivity contribution in [3.05, 3.63) is 24.1 Å². The van der Waals surface area contributed by atoms with E-state index in [-0.39, 0.29) is 17.0 Å². The summed E-state index contributed by atoms with van der Waals surface area (Å²) in [5, 5.41) is 0.231. The lowest BCUT2D eigenvalue weighted by molar-refractivity contribution is 0.0989. The molecule has 1 aromatic heterocycles. The molecule has 0 bridgehead atoms. The van der Waals surface area contributed by atoms with E-state index in [4.69, 9.17) is 4.42 Å². The third-order valence-electron chi connectivity index (χ3n) is 1.96. The van der Waals surface area contributed by atoms with E-state index in [9.17, 15) is 4.79 Å². The van der Waals surface area contributed by atoms with Gasteiger partial charge in [0.1, 0.15) is 5.52 Å². The molecule has 0 saturated heterocycles. The lowest BCUT2D eigenvalue weighted by atomic mass is 10.3. The van der Waals surface area contributed by atoms with Crippen molar-refractivity contribution in [1.82, 2.24) is 4.98 Å². The van der Waals surface area contributed by atoms with Crippen LogP contribution < -0.4 is 0 Å². The molecule has 3 nitrogen and oxygen atoms in total. The first-order valence-corrected chi connectivity index (χ1v) is 6.63. The molecule has 0 aliphatic rings. The minimum absolute atomic E-state index is 0.141. The van der Waals surface area contributed by atoms with Crippen molar-refractivity contribution in [2.75, 3.05) is 11.6 Å². The summed E-state index contributed by atoms with van der Waals surface area (Å²) in [4.78, 5) is 16.6. The normalized spacial score (nSPS) is 10.8. The summed E-state index contributed by atoms with van der Waals surface area (Å²) in [6.07, 6.45) is 1.97. The number of thioether (sulfide) groups is 1. The fourth-order valence-corrected chi connectivity index (χ4v) is 2.06. The summed E-state index contributed by atoms with van der Waals surface area (Å²) in [5.41, 5.74) is 1.42. The van der Waals surface area contributed by atoms with E-state index >= 15 is 0 Å². The Hall–Kier alpha value is -0.810. The highest BCUT2D eigenvalue weighted by atomic mass is 79.9. The van der Waals surface area contributed by atoms with E-state index in [1.54, 1.807) is 11.8 Å². The van der Waals surface area contributed by atoms with Crippen molar-refractivity contribution < 1.29 is 9.21 Å². The first-order valence-electron chi connectivity index (χ1n) is 4.29. The topological polar surface area (TPSA) is 43.1 Å². The zero-order valence-electron chi connectivity index (χ0n) is 7.99. The van der Waals surface area contributed by atoms with Gasteiger partial charge in [0.25, 0.3) is 5.89 Å². The van der Waals surface area contributed by atoms with Crippen molar-refractivity contribution in [3.8, 4) is 0 Å². The van der Waals surface area contributed by atoms with Crippen LogP contribution in [0.5, 0.6) is 0 Å². The van der Waals surface area contributed by atoms with E-state index < -0.39 is 0 Å². The van der Waals surface area contributed by atoms with Crippen LogP contribution in [0.1, 0.15) is 10.7 Å². The van der Waals surface area contributed by atoms with E-state index in [2.05, 4.69) is 20.9 Å². The maximum atomic E-state index is 11.4. The SMILES string of the molecule is CSc1cccc2oc(C(=O)CBr)nc12. The average molecular weight is 286 g/mol. The molecule has 0 atom stereocenters. The summed E-state index contributed by atoms with van der Waals surface area (Å²) in [5.74, 6) is 0.0293. The van der Waals surface area contributed by atoms with Crippen LogP contribution in [0.4, 0.5) is 0 Å². The Bertz CT molecular complexity index is 509. The molecule has 1 heterocycles. The van der Waals surface area contributed by atoms with Crippen molar-refractivity contribution >= 4 is 44.6 Å². The number of hydrogen-bond donors (Lipinski definition) is 0. The summed E-state index contributed by atoms with van der Waals surface area (Å²) in [6, 6.07) is 5.66. The fourth-order valence-electron chi connectivity index (χ4n) is 1.26. The fraction of sp³-hybridized carbons (Fsp3) is 0.200. The van der Waals surface area contributed by atoms with Crippen molar-refractivity contribution in [2.45, 2.75) is 4.90 Å². The molecular formula is C10H8BrNO2S. The van der Waals surface area contributed by atoms with Gasteiger partial charge in [-0.05, 0) is 18.4 Å². The summed E-state index contributed by atoms with van der Waals surface area (Å²) in [6.45, 7) is 0. The molecule has 0 aliphatic heterocycles. The number of fused-ring (bicyclic) bond motifs is 1. The minimum atomic E-state index is -0.141. The number of aromatic nitrogens is 1. The molecule has 0 amide bonds. The third kappa shape index (κ3) is 1.94. The molecule has 0 radical (unpaired) electrons. The van der Waals surface area contributed by atoms with E-state index in [1.165, 1.54) is 0 Å². The second kappa shape index (κ2) is 4.37. The number of carbonyl (C=O) groups is 1. The van der Waals surface area contributed by atoms with Crippen LogP contribution in [0.25, 0.3) is 11.1 Å². The Morgan fingerprint density at radius 2 is 2.40 bits per heavy atom. The molecule has 0 spiro atoms. The molecule has 2 rings (SSSR count). The monoisotopic (exact) mass is 285 g/mol. The summed E-state index contributed by atoms with van der Waals surface area (Å²) >= 11 is 4.67. The first kappa shape index (κ1) is 10.7. The average Bonchev–Trinajstić information content (AvgIpc) is 2.71. The van der Waals surface area contributed by atoms with Gasteiger partial charge >= 0.3 is 0 Å². The number of halogens is 1. The second-order valence-electron chi connectivity index (χ2n) is 2.88. The number of carbonyl (C=O) groups excluding carboxylic acids is 1. The Balaban J connectivity index is 2.60. The maximum absolute atomic E-state index is 11.4. The Morgan fingerprint density at radius 3 is 3.07 bits per heavy atom. The van der Waals surface area contributed by atoms with E-state index in [0.717, 1.165) is 10.4 Å². The summed E-state index contributed by atoms with van der Waals surface area (Å²) in [7, 11) is 0. The van der Waals surface area contributed by atoms with Gasteiger partial charge in [0.2, 0.25) is 5.78 Å². The number of Topliss-reactive ketones (excluding diaryl/α,β-unsaturated/α-hetero) is 1. The number of benzene rings is 1. The largest absolute Gasteiger partial charge is 0.434 e. The van der Waals surface area contributed by atoms with Gasteiger partial charge in [-0.15, -0.1) is 11.8 Å². The van der Waals surface area contributed by atoms with Gasteiger partial charge in [-0.2, -0.15) is 0 Å². The van der Waals surface area contributed by atoms with Crippen molar-refractivity contribution in [1.29, 1.82) is 0 Å². The van der Waals surface area contributed by atoms with Crippen LogP contribution >= 0.6 is 27.7 Å². The molecule has 0 N–H and O–H groups in total. The van der Waals surface area contributed by atoms with Gasteiger partial charge < -0.3 is 4.42 Å². The van der Waals surface area contributed by atoms with Crippen LogP contribution in [0, 0.1) is 0 Å². The standard InChI is InChI=1S/C10H8BrNO2S/c1-15-8-4-2-3-7-9(8)12-10(14-7)6(13)5-11/h2-4H,5H2,1H3. The zero-order chi connectivity index (χ0) is 10.8. The molecule has 0 saturated carbocycles. The molecule has 1 aromatic carbocycles. The van der Waals surface area contributed by atoms with Gasteiger partial charge in [-0.3, -0.25) is 4.79 Å². The molecule has 0 unspecified atom stereocenters. The minimum Gasteiger partial charge on any atom is -0.434 e. The predicted molar refractivity (Wildman–Crippen MR) is 63.9 cm³/mol. The highest BCUT2D eigenvalue weighted by molar-refractivity contribution is 9.09. The van der Waals surface area contributed by atoms with Gasteiger partial charge in [0.05, 0.1) is 5.33 Å². The highest BCUT2D eigenvalue weighted by Crippen LogP contribution is 2.26. The quantitative estimate of drug-likeness (QED) is 0.494. The lowest BCUT2D eigenvalue weighted by Crippen LogP contribution is -1.99. The molecule has 2 aromatic rings. The Labute approximate surface area is 99.4 Å². The van der Waals surface area contributed by atoms with Gasteiger partial charge in [-0.1, -0.05) is 22.0 Å². The maximum Gasteiger partial charge on any atom is 0.265 e. The predicted octanol–water partition coefficient (Wildman–Crippen LogP) is 3.13. The van der Waals surface area contributed by atoms with Crippen LogP contribution in [-0.2, 0) is 0 Å². The van der Waals surface area contributed by atoms with Gasteiger partial charge in [0, 0.05) is 4.90 Å². The molecule has 0 fully saturated rings. The lowest BCUT2D eigenvalue weighted by Gasteiger charge is -1.93. The summed E-state index contributed by atoms with van der Waals surface area (Å²) < 4.78 is 5.36. The van der Waals surface area contributed by atoms with Gasteiger partial charge in [-0.25, -0.2) is 4.98 Å². The van der Waals surface area contributed by atoms with E-state index in [0.29, 0.717) is 5.58 Å². The third-order valence-corrected chi connectivity index (χ3v) is 3.24. The Morgan fingerprint density at radius 1 is 1.60 bits per heavy atom. The van der Waals surface area contributed by atoms with Crippen molar-refractivity contribution in [2.24, 2.45) is 0 Å². The molecule has 5 heteroatoms. The highest BCUT2D eigenvalue weighted by Gasteiger charge is 2.14. The zero-order valence-corrected chi connectivity index (χ0v) is 10.4. The number of nitrogens with zero attached hydrogens (tertiary/aromatic N) is 1. The molecular weight excluding hydrogens is 278 g/mol. The van der Waals surface area contributed by atoms with Crippen LogP contribution in [0.3, 0.4) is 0 Å². The van der Waals surface area contributed by atoms with Crippen LogP contribution in [0.15, 0.2) is 27.5 Å². The van der Waals surface area contributed by atoms with Crippen molar-refractivity contribution in [3.63, 3.8) is 0 Å². The number of para-hydroxylation sites is 1. The Kier molecular flexibility index (Phi) is 3.11. The van der Waals surface area contributed by atoms with E-state index in [1.807, 2.05) is 24.5 Å². The second-order valence-corrected chi connectivity index (χ2v) is 4.29. The molecule has 78 valence electrons. The van der Waals surface area contributed by atoms with Crippen LogP contribution in [-0.4, -0.2) is 22.4 Å². The number of alkyl halides is 1. The number of oxazole rings is 1. The number of ketones is 1. The van der Waals surface area contributed by atoms with Crippen LogP contribution in [0.2, 0.25) is 0 Å².